The minimum Gasteiger partial charge on any atom is -0.469 e. The zero-order valence-corrected chi connectivity index (χ0v) is 15.9. The minimum atomic E-state index is -0.365. The smallest absolute Gasteiger partial charge is 0.308 e. The lowest BCUT2D eigenvalue weighted by Crippen LogP contribution is -2.49. The second-order valence-corrected chi connectivity index (χ2v) is 7.00. The Kier molecular flexibility index (Phi) is 6.56. The van der Waals surface area contributed by atoms with Crippen molar-refractivity contribution in [3.63, 3.8) is 0 Å². The van der Waals surface area contributed by atoms with Crippen LogP contribution >= 0.6 is 28.1 Å². The molecule has 0 radical (unpaired) electrons. The molecule has 130 valence electrons. The molecule has 1 atom stereocenters. The highest BCUT2D eigenvalue weighted by Crippen LogP contribution is 2.44. The van der Waals surface area contributed by atoms with E-state index in [9.17, 15) is 9.59 Å². The van der Waals surface area contributed by atoms with Gasteiger partial charge in [0.25, 0.3) is 0 Å². The number of methoxy groups -OCH3 is 1. The molecule has 1 unspecified atom stereocenters. The summed E-state index contributed by atoms with van der Waals surface area (Å²) >= 11 is 8.40. The normalized spacial score (nSPS) is 20.3. The molecule has 6 nitrogen and oxygen atoms in total. The molecule has 0 heterocycles. The SMILES string of the molecule is CNC(=S)NNC(=O)C(c1cccc(Br)c1)C1CC(C(=O)OC)C1. The lowest BCUT2D eigenvalue weighted by Gasteiger charge is -2.38. The number of amides is 1. The van der Waals surface area contributed by atoms with Crippen LogP contribution < -0.4 is 16.2 Å². The van der Waals surface area contributed by atoms with Crippen LogP contribution in [0.4, 0.5) is 0 Å². The van der Waals surface area contributed by atoms with Gasteiger partial charge in [0, 0.05) is 11.5 Å². The van der Waals surface area contributed by atoms with Crippen LogP contribution in [0.3, 0.4) is 0 Å². The largest absolute Gasteiger partial charge is 0.469 e. The maximum absolute atomic E-state index is 12.7. The quantitative estimate of drug-likeness (QED) is 0.397. The number of halogens is 1. The van der Waals surface area contributed by atoms with Crippen LogP contribution in [0, 0.1) is 11.8 Å². The summed E-state index contributed by atoms with van der Waals surface area (Å²) in [4.78, 5) is 24.3. The fourth-order valence-corrected chi connectivity index (χ4v) is 3.36. The maximum atomic E-state index is 12.7. The molecule has 0 aromatic heterocycles. The fourth-order valence-electron chi connectivity index (χ4n) is 2.89. The molecule has 1 saturated carbocycles. The Labute approximate surface area is 154 Å². The van der Waals surface area contributed by atoms with Gasteiger partial charge in [0.1, 0.15) is 0 Å². The molecule has 2 rings (SSSR count). The molecule has 8 heteroatoms. The third-order valence-electron chi connectivity index (χ3n) is 4.20. The highest BCUT2D eigenvalue weighted by Gasteiger charge is 2.43. The number of carbonyl (C=O) groups is 2. The van der Waals surface area contributed by atoms with Gasteiger partial charge in [-0.15, -0.1) is 0 Å². The van der Waals surface area contributed by atoms with Gasteiger partial charge in [-0.05, 0) is 48.7 Å². The monoisotopic (exact) mass is 413 g/mol. The molecule has 24 heavy (non-hydrogen) atoms. The van der Waals surface area contributed by atoms with Crippen LogP contribution in [0.2, 0.25) is 0 Å². The lowest BCUT2D eigenvalue weighted by atomic mass is 9.66. The van der Waals surface area contributed by atoms with Gasteiger partial charge in [0.2, 0.25) is 5.91 Å². The number of benzene rings is 1. The molecule has 1 aromatic rings. The molecule has 0 bridgehead atoms. The van der Waals surface area contributed by atoms with Crippen LogP contribution in [0.15, 0.2) is 28.7 Å². The van der Waals surface area contributed by atoms with Crippen molar-refractivity contribution in [1.29, 1.82) is 0 Å². The Morgan fingerprint density at radius 1 is 1.33 bits per heavy atom. The number of hydrogen-bond acceptors (Lipinski definition) is 4. The molecule has 0 saturated heterocycles. The van der Waals surface area contributed by atoms with Crippen molar-refractivity contribution in [2.75, 3.05) is 14.2 Å². The second kappa shape index (κ2) is 8.43. The van der Waals surface area contributed by atoms with Crippen molar-refractivity contribution in [3.05, 3.63) is 34.3 Å². The van der Waals surface area contributed by atoms with Crippen LogP contribution in [-0.4, -0.2) is 31.1 Å². The van der Waals surface area contributed by atoms with E-state index in [1.165, 1.54) is 7.11 Å². The third-order valence-corrected chi connectivity index (χ3v) is 5.00. The first-order valence-corrected chi connectivity index (χ1v) is 8.77. The van der Waals surface area contributed by atoms with Gasteiger partial charge >= 0.3 is 5.97 Å². The van der Waals surface area contributed by atoms with Gasteiger partial charge in [0.05, 0.1) is 18.9 Å². The lowest BCUT2D eigenvalue weighted by molar-refractivity contribution is -0.151. The van der Waals surface area contributed by atoms with Crippen molar-refractivity contribution in [1.82, 2.24) is 16.2 Å². The Balaban J connectivity index is 2.12. The summed E-state index contributed by atoms with van der Waals surface area (Å²) < 4.78 is 5.68. The summed E-state index contributed by atoms with van der Waals surface area (Å²) in [5, 5.41) is 3.06. The number of hydrogen-bond donors (Lipinski definition) is 3. The summed E-state index contributed by atoms with van der Waals surface area (Å²) in [7, 11) is 3.05. The van der Waals surface area contributed by atoms with Gasteiger partial charge < -0.3 is 10.1 Å². The predicted octanol–water partition coefficient (Wildman–Crippen LogP) is 1.86. The molecular weight excluding hydrogens is 394 g/mol. The highest BCUT2D eigenvalue weighted by atomic mass is 79.9. The standard InChI is InChI=1S/C16H20BrN3O3S/c1-18-16(24)20-19-14(21)13(9-4-3-5-12(17)8-9)10-6-11(7-10)15(22)23-2/h3-5,8,10-11,13H,6-7H2,1-2H3,(H,19,21)(H2,18,20,24). The number of hydrazine groups is 1. The third kappa shape index (κ3) is 4.45. The summed E-state index contributed by atoms with van der Waals surface area (Å²) in [5.74, 6) is -0.814. The molecule has 3 N–H and O–H groups in total. The topological polar surface area (TPSA) is 79.5 Å². The Morgan fingerprint density at radius 3 is 2.62 bits per heavy atom. The first kappa shape index (κ1) is 18.7. The van der Waals surface area contributed by atoms with E-state index in [4.69, 9.17) is 17.0 Å². The zero-order chi connectivity index (χ0) is 17.7. The molecule has 1 aliphatic carbocycles. The number of thiocarbonyl (C=S) groups is 1. The molecule has 0 spiro atoms. The maximum Gasteiger partial charge on any atom is 0.308 e. The first-order valence-electron chi connectivity index (χ1n) is 7.57. The average molecular weight is 414 g/mol. The Morgan fingerprint density at radius 2 is 2.04 bits per heavy atom. The van der Waals surface area contributed by atoms with Crippen LogP contribution in [0.25, 0.3) is 0 Å². The van der Waals surface area contributed by atoms with Gasteiger partial charge in [0.15, 0.2) is 5.11 Å². The first-order chi connectivity index (χ1) is 11.5. The number of esters is 1. The molecule has 1 fully saturated rings. The zero-order valence-electron chi connectivity index (χ0n) is 13.5. The van der Waals surface area contributed by atoms with E-state index in [1.54, 1.807) is 7.05 Å². The number of carbonyl (C=O) groups excluding carboxylic acids is 2. The number of nitrogens with one attached hydrogen (secondary N) is 3. The van der Waals surface area contributed by atoms with Crippen molar-refractivity contribution < 1.29 is 14.3 Å². The van der Waals surface area contributed by atoms with E-state index in [0.717, 1.165) is 10.0 Å². The van der Waals surface area contributed by atoms with Crippen molar-refractivity contribution in [2.45, 2.75) is 18.8 Å². The van der Waals surface area contributed by atoms with Crippen LogP contribution in [0.1, 0.15) is 24.3 Å². The number of rotatable bonds is 4. The van der Waals surface area contributed by atoms with Gasteiger partial charge in [-0.1, -0.05) is 28.1 Å². The molecule has 1 aromatic carbocycles. The van der Waals surface area contributed by atoms with Gasteiger partial charge in [-0.3, -0.25) is 20.4 Å². The summed E-state index contributed by atoms with van der Waals surface area (Å²) in [6.07, 6.45) is 1.27. The fraction of sp³-hybridized carbons (Fsp3) is 0.438. The van der Waals surface area contributed by atoms with Gasteiger partial charge in [-0.25, -0.2) is 0 Å². The minimum absolute atomic E-state index is 0.0772. The van der Waals surface area contributed by atoms with E-state index in [1.807, 2.05) is 24.3 Å². The summed E-state index contributed by atoms with van der Waals surface area (Å²) in [5.41, 5.74) is 6.19. The summed E-state index contributed by atoms with van der Waals surface area (Å²) in [6, 6.07) is 7.63. The van der Waals surface area contributed by atoms with Crippen molar-refractivity contribution >= 4 is 45.1 Å². The van der Waals surface area contributed by atoms with Crippen LogP contribution in [0.5, 0.6) is 0 Å². The summed E-state index contributed by atoms with van der Waals surface area (Å²) in [6.45, 7) is 0. The van der Waals surface area contributed by atoms with E-state index < -0.39 is 0 Å². The second-order valence-electron chi connectivity index (χ2n) is 5.68. The molecular formula is C16H20BrN3O3S. The highest BCUT2D eigenvalue weighted by molar-refractivity contribution is 9.10. The predicted molar refractivity (Wildman–Crippen MR) is 98.0 cm³/mol. The average Bonchev–Trinajstić information content (AvgIpc) is 2.54. The van der Waals surface area contributed by atoms with Crippen LogP contribution in [-0.2, 0) is 14.3 Å². The van der Waals surface area contributed by atoms with E-state index in [-0.39, 0.29) is 29.6 Å². The van der Waals surface area contributed by atoms with E-state index in [2.05, 4.69) is 32.1 Å². The molecule has 1 aliphatic rings. The van der Waals surface area contributed by atoms with Gasteiger partial charge in [-0.2, -0.15) is 0 Å². The van der Waals surface area contributed by atoms with E-state index >= 15 is 0 Å². The number of ether oxygens (including phenoxy) is 1. The van der Waals surface area contributed by atoms with E-state index in [0.29, 0.717) is 18.0 Å². The molecule has 0 aliphatic heterocycles. The van der Waals surface area contributed by atoms with Crippen molar-refractivity contribution in [2.24, 2.45) is 11.8 Å². The Hall–Kier alpha value is -1.67. The van der Waals surface area contributed by atoms with Crippen molar-refractivity contribution in [3.8, 4) is 0 Å². The molecule has 1 amide bonds. The Bertz CT molecular complexity index is 635.